The van der Waals surface area contributed by atoms with Crippen molar-refractivity contribution in [1.29, 1.82) is 0 Å². The van der Waals surface area contributed by atoms with Gasteiger partial charge in [0.25, 0.3) is 0 Å². The maximum absolute atomic E-state index is 13.6. The summed E-state index contributed by atoms with van der Waals surface area (Å²) in [5.41, 5.74) is 3.59. The zero-order valence-corrected chi connectivity index (χ0v) is 22.0. The second-order valence-electron chi connectivity index (χ2n) is 10.2. The number of fused-ring (bicyclic) bond motifs is 3. The van der Waals surface area contributed by atoms with Gasteiger partial charge in [0.05, 0.1) is 16.3 Å². The van der Waals surface area contributed by atoms with Crippen molar-refractivity contribution >= 4 is 45.3 Å². The molecule has 192 valence electrons. The Labute approximate surface area is 221 Å². The standard InChI is InChI=1S/C28H26BrNO7/c1-12-8-14(9-13(2)25(12)34)22-15-5-6-16-23(28(37)30(27(16)36)7-3-4-21(32)33)17(15)10-18-24(22)20(31)11-19(29)26(18)35/h5,8-9,11,16-17,22-23,34H,3-4,6-7,10H2,1-2H3,(H,32,33)/t16-,17+,22-,23-/m0/s1. The maximum Gasteiger partial charge on any atom is 0.303 e. The van der Waals surface area contributed by atoms with Gasteiger partial charge < -0.3 is 10.2 Å². The van der Waals surface area contributed by atoms with Gasteiger partial charge in [-0.25, -0.2) is 0 Å². The third kappa shape index (κ3) is 4.00. The van der Waals surface area contributed by atoms with E-state index in [9.17, 15) is 29.1 Å². The number of aryl methyl sites for hydroxylation is 2. The van der Waals surface area contributed by atoms with Crippen molar-refractivity contribution in [1.82, 2.24) is 4.90 Å². The van der Waals surface area contributed by atoms with Gasteiger partial charge >= 0.3 is 5.97 Å². The van der Waals surface area contributed by atoms with Gasteiger partial charge in [-0.1, -0.05) is 23.8 Å². The van der Waals surface area contributed by atoms with Crippen LogP contribution in [0.2, 0.25) is 0 Å². The van der Waals surface area contributed by atoms with E-state index in [1.807, 2.05) is 6.08 Å². The summed E-state index contributed by atoms with van der Waals surface area (Å²) in [5, 5.41) is 19.3. The van der Waals surface area contributed by atoms with Crippen LogP contribution in [0.5, 0.6) is 5.75 Å². The first-order chi connectivity index (χ1) is 17.5. The molecule has 2 N–H and O–H groups in total. The van der Waals surface area contributed by atoms with E-state index < -0.39 is 29.6 Å². The van der Waals surface area contributed by atoms with Gasteiger partial charge in [-0.05, 0) is 71.6 Å². The number of ketones is 2. The van der Waals surface area contributed by atoms with Crippen molar-refractivity contribution in [3.8, 4) is 5.75 Å². The number of carbonyl (C=O) groups is 5. The maximum atomic E-state index is 13.6. The van der Waals surface area contributed by atoms with Crippen LogP contribution in [0.25, 0.3) is 0 Å². The Balaban J connectivity index is 1.60. The molecule has 1 saturated heterocycles. The fourth-order valence-corrected chi connectivity index (χ4v) is 6.86. The molecule has 8 nitrogen and oxygen atoms in total. The van der Waals surface area contributed by atoms with Gasteiger partial charge in [-0.15, -0.1) is 0 Å². The Morgan fingerprint density at radius 3 is 2.41 bits per heavy atom. The van der Waals surface area contributed by atoms with Crippen LogP contribution in [0.1, 0.15) is 48.3 Å². The largest absolute Gasteiger partial charge is 0.507 e. The summed E-state index contributed by atoms with van der Waals surface area (Å²) < 4.78 is 0.164. The number of aromatic hydroxyl groups is 1. The van der Waals surface area contributed by atoms with Gasteiger partial charge in [0.1, 0.15) is 5.75 Å². The fraction of sp³-hybridized carbons (Fsp3) is 0.393. The van der Waals surface area contributed by atoms with Crippen molar-refractivity contribution < 1.29 is 34.2 Å². The number of phenols is 1. The molecule has 3 aliphatic carbocycles. The molecular formula is C28H26BrNO7. The molecule has 5 rings (SSSR count). The second kappa shape index (κ2) is 9.20. The molecule has 0 bridgehead atoms. The van der Waals surface area contributed by atoms with E-state index in [-0.39, 0.29) is 59.4 Å². The van der Waals surface area contributed by atoms with Crippen LogP contribution >= 0.6 is 15.9 Å². The highest BCUT2D eigenvalue weighted by Crippen LogP contribution is 2.55. The number of carbonyl (C=O) groups excluding carboxylic acids is 4. The number of nitrogens with zero attached hydrogens (tertiary/aromatic N) is 1. The van der Waals surface area contributed by atoms with E-state index in [1.54, 1.807) is 26.0 Å². The third-order valence-corrected chi connectivity index (χ3v) is 8.63. The quantitative estimate of drug-likeness (QED) is 0.315. The number of benzene rings is 1. The van der Waals surface area contributed by atoms with Crippen LogP contribution in [0.15, 0.2) is 45.5 Å². The van der Waals surface area contributed by atoms with E-state index in [1.165, 1.54) is 11.0 Å². The molecule has 37 heavy (non-hydrogen) atoms. The van der Waals surface area contributed by atoms with Crippen LogP contribution < -0.4 is 0 Å². The highest BCUT2D eigenvalue weighted by molar-refractivity contribution is 9.12. The second-order valence-corrected chi connectivity index (χ2v) is 11.1. The van der Waals surface area contributed by atoms with Gasteiger partial charge in [-0.3, -0.25) is 28.9 Å². The van der Waals surface area contributed by atoms with Gasteiger partial charge in [0.2, 0.25) is 11.8 Å². The minimum atomic E-state index is -0.992. The smallest absolute Gasteiger partial charge is 0.303 e. The number of carboxylic acid groups (broad SMARTS) is 1. The van der Waals surface area contributed by atoms with Crippen molar-refractivity contribution in [2.45, 2.75) is 45.4 Å². The molecule has 2 amide bonds. The van der Waals surface area contributed by atoms with Gasteiger partial charge in [0.15, 0.2) is 11.6 Å². The monoisotopic (exact) mass is 567 g/mol. The Bertz CT molecular complexity index is 1360. The Hall–Kier alpha value is -3.33. The van der Waals surface area contributed by atoms with Crippen molar-refractivity contribution in [2.24, 2.45) is 17.8 Å². The molecule has 1 aromatic carbocycles. The van der Waals surface area contributed by atoms with E-state index in [0.29, 0.717) is 28.7 Å². The minimum Gasteiger partial charge on any atom is -0.507 e. The number of hydrogen-bond acceptors (Lipinski definition) is 6. The first kappa shape index (κ1) is 25.3. The number of amides is 2. The average molecular weight is 568 g/mol. The molecule has 0 saturated carbocycles. The van der Waals surface area contributed by atoms with Gasteiger partial charge in [0, 0.05) is 36.1 Å². The summed E-state index contributed by atoms with van der Waals surface area (Å²) in [6.07, 6.45) is 3.75. The summed E-state index contributed by atoms with van der Waals surface area (Å²) in [4.78, 5) is 65.4. The predicted molar refractivity (Wildman–Crippen MR) is 136 cm³/mol. The zero-order chi connectivity index (χ0) is 26.8. The van der Waals surface area contributed by atoms with Crippen LogP contribution in [0, 0.1) is 31.6 Å². The molecule has 9 heteroatoms. The number of phenolic OH excluding ortho intramolecular Hbond substituents is 1. The molecule has 0 spiro atoms. The molecule has 0 radical (unpaired) electrons. The summed E-state index contributed by atoms with van der Waals surface area (Å²) in [6, 6.07) is 3.61. The molecule has 1 fully saturated rings. The number of hydrogen-bond donors (Lipinski definition) is 2. The lowest BCUT2D eigenvalue weighted by molar-refractivity contribution is -0.142. The normalized spacial score (nSPS) is 27.1. The molecule has 0 unspecified atom stereocenters. The van der Waals surface area contributed by atoms with Crippen LogP contribution in [0.4, 0.5) is 0 Å². The van der Waals surface area contributed by atoms with E-state index in [0.717, 1.165) is 11.1 Å². The lowest BCUT2D eigenvalue weighted by Gasteiger charge is -2.42. The summed E-state index contributed by atoms with van der Waals surface area (Å²) in [5.74, 6) is -4.36. The van der Waals surface area contributed by atoms with E-state index in [2.05, 4.69) is 15.9 Å². The first-order valence-electron chi connectivity index (χ1n) is 12.3. The fourth-order valence-electron chi connectivity index (χ4n) is 6.42. The number of halogens is 1. The zero-order valence-electron chi connectivity index (χ0n) is 20.4. The van der Waals surface area contributed by atoms with Crippen molar-refractivity contribution in [2.75, 3.05) is 6.54 Å². The SMILES string of the molecule is Cc1cc([C@H]2C3=CC[C@@H]4C(=O)N(CCCC(=O)O)C(=O)[C@@H]4[C@@H]3CC3=C2C(=O)C=C(Br)C3=O)cc(C)c1O. The topological polar surface area (TPSA) is 129 Å². The molecule has 4 atom stereocenters. The van der Waals surface area contributed by atoms with E-state index in [4.69, 9.17) is 5.11 Å². The lowest BCUT2D eigenvalue weighted by Crippen LogP contribution is -2.39. The van der Waals surface area contributed by atoms with E-state index >= 15 is 0 Å². The molecular weight excluding hydrogens is 542 g/mol. The predicted octanol–water partition coefficient (Wildman–Crippen LogP) is 3.64. The Morgan fingerprint density at radius 1 is 1.08 bits per heavy atom. The number of imide groups is 1. The molecule has 1 aliphatic heterocycles. The number of Topliss-reactive ketones (excluding diaryl/α,β-unsaturated/α-hetero) is 1. The van der Waals surface area contributed by atoms with Crippen LogP contribution in [-0.2, 0) is 24.0 Å². The van der Waals surface area contributed by atoms with Gasteiger partial charge in [-0.2, -0.15) is 0 Å². The summed E-state index contributed by atoms with van der Waals surface area (Å²) in [6.45, 7) is 3.58. The van der Waals surface area contributed by atoms with Crippen molar-refractivity contribution in [3.05, 3.63) is 62.2 Å². The lowest BCUT2D eigenvalue weighted by atomic mass is 9.59. The van der Waals surface area contributed by atoms with Crippen LogP contribution in [0.3, 0.4) is 0 Å². The summed E-state index contributed by atoms with van der Waals surface area (Å²) in [7, 11) is 0. The number of aliphatic carboxylic acids is 1. The average Bonchev–Trinajstić information content (AvgIpc) is 3.09. The Morgan fingerprint density at radius 2 is 1.76 bits per heavy atom. The minimum absolute atomic E-state index is 0.0401. The highest BCUT2D eigenvalue weighted by Gasteiger charge is 2.56. The summed E-state index contributed by atoms with van der Waals surface area (Å²) >= 11 is 3.21. The number of likely N-dealkylation sites (tertiary alicyclic amines) is 1. The number of carboxylic acids is 1. The molecule has 0 aromatic heterocycles. The molecule has 4 aliphatic rings. The number of allylic oxidation sites excluding steroid dienone is 6. The third-order valence-electron chi connectivity index (χ3n) is 8.04. The van der Waals surface area contributed by atoms with Crippen LogP contribution in [-0.4, -0.2) is 51.0 Å². The first-order valence-corrected chi connectivity index (χ1v) is 13.1. The molecule has 1 heterocycles. The Kier molecular flexibility index (Phi) is 6.30. The molecule has 1 aromatic rings. The highest BCUT2D eigenvalue weighted by atomic mass is 79.9. The van der Waals surface area contributed by atoms with Crippen molar-refractivity contribution in [3.63, 3.8) is 0 Å². The number of rotatable bonds is 5.